The molecule has 0 unspecified atom stereocenters. The van der Waals surface area contributed by atoms with E-state index in [0.717, 1.165) is 18.4 Å². The molecule has 0 aromatic rings. The molecule has 2 fully saturated rings. The summed E-state index contributed by atoms with van der Waals surface area (Å²) in [4.78, 5) is 23.3. The summed E-state index contributed by atoms with van der Waals surface area (Å²) in [5, 5.41) is 10.6. The molecule has 0 amide bonds. The van der Waals surface area contributed by atoms with Gasteiger partial charge in [-0.15, -0.1) is 0 Å². The average Bonchev–Trinajstić information content (AvgIpc) is 2.78. The number of hydrogen-bond acceptors (Lipinski definition) is 5. The summed E-state index contributed by atoms with van der Waals surface area (Å²) in [5.41, 5.74) is 1.73. The van der Waals surface area contributed by atoms with E-state index < -0.39 is 17.6 Å². The van der Waals surface area contributed by atoms with Gasteiger partial charge in [-0.25, -0.2) is 0 Å². The molecule has 4 atom stereocenters. The largest absolute Gasteiger partial charge is 0.463 e. The second kappa shape index (κ2) is 8.17. The number of cyclic esters (lactones) is 1. The third kappa shape index (κ3) is 4.94. The van der Waals surface area contributed by atoms with Gasteiger partial charge in [-0.1, -0.05) is 17.2 Å². The zero-order valence-electron chi connectivity index (χ0n) is 15.7. The Hall–Kier alpha value is -1.62. The Labute approximate surface area is 150 Å². The summed E-state index contributed by atoms with van der Waals surface area (Å²) in [6.07, 6.45) is 6.40. The van der Waals surface area contributed by atoms with Crippen LogP contribution in [0.2, 0.25) is 0 Å². The molecule has 2 rings (SSSR count). The van der Waals surface area contributed by atoms with Crippen LogP contribution in [0.25, 0.3) is 0 Å². The number of aliphatic hydroxyl groups is 1. The molecule has 1 aliphatic carbocycles. The fourth-order valence-electron chi connectivity index (χ4n) is 3.92. The number of hydrogen-bond donors (Lipinski definition) is 1. The van der Waals surface area contributed by atoms with Gasteiger partial charge < -0.3 is 14.6 Å². The normalized spacial score (nSPS) is 32.4. The monoisotopic (exact) mass is 350 g/mol. The molecule has 0 aromatic heterocycles. The molecule has 0 aromatic carbocycles. The first kappa shape index (κ1) is 19.7. The molecule has 5 heteroatoms. The zero-order valence-corrected chi connectivity index (χ0v) is 15.7. The molecule has 1 saturated carbocycles. The molecule has 0 bridgehead atoms. The Balaban J connectivity index is 2.16. The standard InChI is InChI=1S/C20H30O5/c1-13(2)6-5-7-14(3)10-18-20(12-19(23)25-18)11-16(24-15(4)21)8-9-17(20)22/h6,10,16-18,22H,5,7-9,11-12H2,1-4H3/b14-10+/t16-,17-,18-,20+/m1/s1. The van der Waals surface area contributed by atoms with Crippen molar-refractivity contribution in [3.05, 3.63) is 23.3 Å². The van der Waals surface area contributed by atoms with Crippen LogP contribution in [0.15, 0.2) is 23.3 Å². The van der Waals surface area contributed by atoms with Gasteiger partial charge in [-0.05, 0) is 59.0 Å². The third-order valence-corrected chi connectivity index (χ3v) is 5.19. The molecule has 1 saturated heterocycles. The van der Waals surface area contributed by atoms with Gasteiger partial charge in [0, 0.05) is 6.92 Å². The van der Waals surface area contributed by atoms with Crippen LogP contribution in [0.1, 0.15) is 66.2 Å². The molecule has 1 heterocycles. The lowest BCUT2D eigenvalue weighted by Crippen LogP contribution is -2.48. The fourth-order valence-corrected chi connectivity index (χ4v) is 3.92. The molecule has 1 spiro atoms. The average molecular weight is 350 g/mol. The first-order valence-electron chi connectivity index (χ1n) is 9.08. The topological polar surface area (TPSA) is 72.8 Å². The number of esters is 2. The van der Waals surface area contributed by atoms with Crippen molar-refractivity contribution in [3.8, 4) is 0 Å². The summed E-state index contributed by atoms with van der Waals surface area (Å²) in [5.74, 6) is -0.618. The van der Waals surface area contributed by atoms with Crippen LogP contribution in [-0.4, -0.2) is 35.4 Å². The predicted octanol–water partition coefficient (Wildman–Crippen LogP) is 3.46. The van der Waals surface area contributed by atoms with Crippen LogP contribution < -0.4 is 0 Å². The first-order chi connectivity index (χ1) is 11.7. The quantitative estimate of drug-likeness (QED) is 0.607. The van der Waals surface area contributed by atoms with Gasteiger partial charge >= 0.3 is 11.9 Å². The molecular weight excluding hydrogens is 320 g/mol. The minimum atomic E-state index is -0.687. The zero-order chi connectivity index (χ0) is 18.6. The van der Waals surface area contributed by atoms with Crippen molar-refractivity contribution in [2.45, 2.75) is 84.5 Å². The Morgan fingerprint density at radius 1 is 1.32 bits per heavy atom. The highest BCUT2D eigenvalue weighted by atomic mass is 16.6. The van der Waals surface area contributed by atoms with Crippen LogP contribution in [0.3, 0.4) is 0 Å². The van der Waals surface area contributed by atoms with Gasteiger partial charge in [-0.3, -0.25) is 9.59 Å². The van der Waals surface area contributed by atoms with Crippen LogP contribution in [0, 0.1) is 5.41 Å². The van der Waals surface area contributed by atoms with E-state index in [-0.39, 0.29) is 24.5 Å². The number of rotatable bonds is 5. The van der Waals surface area contributed by atoms with Gasteiger partial charge in [-0.2, -0.15) is 0 Å². The van der Waals surface area contributed by atoms with E-state index in [1.807, 2.05) is 13.0 Å². The van der Waals surface area contributed by atoms with E-state index >= 15 is 0 Å². The third-order valence-electron chi connectivity index (χ3n) is 5.19. The lowest BCUT2D eigenvalue weighted by Gasteiger charge is -2.42. The van der Waals surface area contributed by atoms with Crippen LogP contribution >= 0.6 is 0 Å². The first-order valence-corrected chi connectivity index (χ1v) is 9.08. The van der Waals surface area contributed by atoms with Crippen molar-refractivity contribution in [2.75, 3.05) is 0 Å². The molecule has 1 N–H and O–H groups in total. The highest BCUT2D eigenvalue weighted by Crippen LogP contribution is 2.49. The van der Waals surface area contributed by atoms with Gasteiger partial charge in [0.2, 0.25) is 0 Å². The second-order valence-electron chi connectivity index (χ2n) is 7.68. The molecular formula is C20H30O5. The van der Waals surface area contributed by atoms with E-state index in [9.17, 15) is 14.7 Å². The molecule has 5 nitrogen and oxygen atoms in total. The Kier molecular flexibility index (Phi) is 6.44. The highest BCUT2D eigenvalue weighted by molar-refractivity contribution is 5.74. The van der Waals surface area contributed by atoms with E-state index in [2.05, 4.69) is 19.9 Å². The van der Waals surface area contributed by atoms with Gasteiger partial charge in [0.15, 0.2) is 0 Å². The number of carbonyl (C=O) groups is 2. The summed E-state index contributed by atoms with van der Waals surface area (Å²) < 4.78 is 10.9. The van der Waals surface area contributed by atoms with E-state index in [0.29, 0.717) is 19.3 Å². The van der Waals surface area contributed by atoms with Crippen molar-refractivity contribution < 1.29 is 24.2 Å². The summed E-state index contributed by atoms with van der Waals surface area (Å²) in [7, 11) is 0. The molecule has 0 radical (unpaired) electrons. The molecule has 25 heavy (non-hydrogen) atoms. The maximum Gasteiger partial charge on any atom is 0.307 e. The number of ether oxygens (including phenoxy) is 2. The summed E-state index contributed by atoms with van der Waals surface area (Å²) in [6, 6.07) is 0. The summed E-state index contributed by atoms with van der Waals surface area (Å²) in [6.45, 7) is 7.55. The van der Waals surface area contributed by atoms with Crippen molar-refractivity contribution in [1.29, 1.82) is 0 Å². The number of allylic oxidation sites excluding steroid dienone is 3. The lowest BCUT2D eigenvalue weighted by atomic mass is 9.66. The SMILES string of the molecule is CC(=O)O[C@@H]1CC[C@@H](O)[C@@]2(CC(=O)O[C@@H]2/C=C(\C)CCC=C(C)C)C1. The minimum absolute atomic E-state index is 0.175. The van der Waals surface area contributed by atoms with E-state index in [1.165, 1.54) is 12.5 Å². The maximum absolute atomic E-state index is 12.0. The highest BCUT2D eigenvalue weighted by Gasteiger charge is 2.56. The summed E-state index contributed by atoms with van der Waals surface area (Å²) >= 11 is 0. The molecule has 2 aliphatic rings. The Morgan fingerprint density at radius 3 is 2.68 bits per heavy atom. The van der Waals surface area contributed by atoms with Crippen molar-refractivity contribution >= 4 is 11.9 Å². The van der Waals surface area contributed by atoms with Gasteiger partial charge in [0.1, 0.15) is 12.2 Å². The van der Waals surface area contributed by atoms with Gasteiger partial charge in [0.05, 0.1) is 17.9 Å². The Bertz CT molecular complexity index is 573. The second-order valence-corrected chi connectivity index (χ2v) is 7.68. The van der Waals surface area contributed by atoms with Gasteiger partial charge in [0.25, 0.3) is 0 Å². The van der Waals surface area contributed by atoms with Crippen LogP contribution in [0.4, 0.5) is 0 Å². The van der Waals surface area contributed by atoms with Crippen molar-refractivity contribution in [1.82, 2.24) is 0 Å². The van der Waals surface area contributed by atoms with Crippen LogP contribution in [-0.2, 0) is 19.1 Å². The number of carbonyl (C=O) groups excluding carboxylic acids is 2. The van der Waals surface area contributed by atoms with Crippen LogP contribution in [0.5, 0.6) is 0 Å². The fraction of sp³-hybridized carbons (Fsp3) is 0.700. The smallest absolute Gasteiger partial charge is 0.307 e. The lowest BCUT2D eigenvalue weighted by molar-refractivity contribution is -0.156. The molecule has 1 aliphatic heterocycles. The Morgan fingerprint density at radius 2 is 2.04 bits per heavy atom. The minimum Gasteiger partial charge on any atom is -0.463 e. The predicted molar refractivity (Wildman–Crippen MR) is 94.8 cm³/mol. The number of aliphatic hydroxyl groups excluding tert-OH is 1. The maximum atomic E-state index is 12.0. The molecule has 140 valence electrons. The van der Waals surface area contributed by atoms with E-state index in [1.54, 1.807) is 0 Å². The van der Waals surface area contributed by atoms with Crippen molar-refractivity contribution in [3.63, 3.8) is 0 Å². The van der Waals surface area contributed by atoms with Crippen molar-refractivity contribution in [2.24, 2.45) is 5.41 Å². The van der Waals surface area contributed by atoms with E-state index in [4.69, 9.17) is 9.47 Å².